The number of nitrogens with zero attached hydrogens (tertiary/aromatic N) is 2. The number of rotatable bonds is 4. The van der Waals surface area contributed by atoms with Crippen LogP contribution in [0.2, 0.25) is 5.02 Å². The van der Waals surface area contributed by atoms with Crippen molar-refractivity contribution < 1.29 is 4.92 Å². The predicted molar refractivity (Wildman–Crippen MR) is 74.4 cm³/mol. The van der Waals surface area contributed by atoms with Crippen molar-refractivity contribution in [1.82, 2.24) is 4.98 Å². The van der Waals surface area contributed by atoms with E-state index in [0.29, 0.717) is 10.7 Å². The van der Waals surface area contributed by atoms with Gasteiger partial charge in [0.1, 0.15) is 5.69 Å². The first-order valence-corrected chi connectivity index (χ1v) is 6.07. The molecule has 0 saturated heterocycles. The molecule has 1 unspecified atom stereocenters. The van der Waals surface area contributed by atoms with Crippen LogP contribution in [-0.2, 0) is 0 Å². The fraction of sp³-hybridized carbons (Fsp3) is 0.154. The first-order chi connectivity index (χ1) is 9.08. The summed E-state index contributed by atoms with van der Waals surface area (Å²) in [6, 6.07) is 9.81. The van der Waals surface area contributed by atoms with Crippen molar-refractivity contribution in [3.63, 3.8) is 0 Å². The number of nitro groups is 1. The molecule has 0 aliphatic rings. The summed E-state index contributed by atoms with van der Waals surface area (Å²) in [4.78, 5) is 14.7. The maximum Gasteiger partial charge on any atom is 0.292 e. The van der Waals surface area contributed by atoms with Gasteiger partial charge in [0.25, 0.3) is 5.69 Å². The van der Waals surface area contributed by atoms with E-state index in [1.54, 1.807) is 12.3 Å². The van der Waals surface area contributed by atoms with Gasteiger partial charge in [0, 0.05) is 17.3 Å². The average Bonchev–Trinajstić information content (AvgIpc) is 2.39. The van der Waals surface area contributed by atoms with Gasteiger partial charge in [-0.3, -0.25) is 15.1 Å². The topological polar surface area (TPSA) is 68.1 Å². The molecule has 0 aliphatic carbocycles. The Bertz CT molecular complexity index is 590. The Kier molecular flexibility index (Phi) is 3.97. The van der Waals surface area contributed by atoms with Crippen LogP contribution in [0, 0.1) is 10.1 Å². The second-order valence-corrected chi connectivity index (χ2v) is 4.48. The Balaban J connectivity index is 2.28. The van der Waals surface area contributed by atoms with Crippen molar-refractivity contribution in [2.24, 2.45) is 0 Å². The van der Waals surface area contributed by atoms with E-state index < -0.39 is 4.92 Å². The molecule has 2 aromatic rings. The lowest BCUT2D eigenvalue weighted by molar-refractivity contribution is -0.384. The first kappa shape index (κ1) is 13.3. The van der Waals surface area contributed by atoms with E-state index in [-0.39, 0.29) is 11.7 Å². The molecule has 0 fully saturated rings. The third kappa shape index (κ3) is 3.20. The molecule has 1 aromatic heterocycles. The minimum Gasteiger partial charge on any atom is -0.371 e. The van der Waals surface area contributed by atoms with E-state index in [2.05, 4.69) is 10.3 Å². The normalized spacial score (nSPS) is 11.9. The summed E-state index contributed by atoms with van der Waals surface area (Å²) in [7, 11) is 0. The van der Waals surface area contributed by atoms with Crippen LogP contribution in [0.1, 0.15) is 18.7 Å². The van der Waals surface area contributed by atoms with Crippen molar-refractivity contribution in [2.75, 3.05) is 5.32 Å². The minimum absolute atomic E-state index is 0.00724. The van der Waals surface area contributed by atoms with Crippen LogP contribution in [0.3, 0.4) is 0 Å². The number of nitro benzene ring substituents is 1. The third-order valence-electron chi connectivity index (χ3n) is 2.66. The van der Waals surface area contributed by atoms with Gasteiger partial charge >= 0.3 is 0 Å². The van der Waals surface area contributed by atoms with Crippen LogP contribution in [0.25, 0.3) is 0 Å². The zero-order chi connectivity index (χ0) is 13.8. The predicted octanol–water partition coefficient (Wildman–Crippen LogP) is 3.82. The highest BCUT2D eigenvalue weighted by Crippen LogP contribution is 2.30. The monoisotopic (exact) mass is 277 g/mol. The minimum atomic E-state index is -0.441. The lowest BCUT2D eigenvalue weighted by Gasteiger charge is -2.14. The van der Waals surface area contributed by atoms with Crippen LogP contribution in [-0.4, -0.2) is 9.91 Å². The number of anilines is 1. The molecule has 0 aliphatic heterocycles. The molecule has 5 nitrogen and oxygen atoms in total. The van der Waals surface area contributed by atoms with Crippen molar-refractivity contribution in [1.29, 1.82) is 0 Å². The van der Waals surface area contributed by atoms with Crippen LogP contribution < -0.4 is 5.32 Å². The van der Waals surface area contributed by atoms with Crippen LogP contribution in [0.5, 0.6) is 0 Å². The smallest absolute Gasteiger partial charge is 0.292 e. The second-order valence-electron chi connectivity index (χ2n) is 4.04. The first-order valence-electron chi connectivity index (χ1n) is 5.69. The van der Waals surface area contributed by atoms with Crippen LogP contribution in [0.15, 0.2) is 42.6 Å². The Morgan fingerprint density at radius 3 is 2.79 bits per heavy atom. The second kappa shape index (κ2) is 5.67. The highest BCUT2D eigenvalue weighted by Gasteiger charge is 2.16. The van der Waals surface area contributed by atoms with Crippen LogP contribution >= 0.6 is 11.6 Å². The van der Waals surface area contributed by atoms with Gasteiger partial charge in [-0.15, -0.1) is 0 Å². The van der Waals surface area contributed by atoms with Gasteiger partial charge in [-0.2, -0.15) is 0 Å². The molecule has 0 amide bonds. The van der Waals surface area contributed by atoms with E-state index in [1.165, 1.54) is 12.1 Å². The van der Waals surface area contributed by atoms with Crippen molar-refractivity contribution in [3.8, 4) is 0 Å². The Labute approximate surface area is 115 Å². The largest absolute Gasteiger partial charge is 0.371 e. The van der Waals surface area contributed by atoms with Gasteiger partial charge in [0.2, 0.25) is 0 Å². The van der Waals surface area contributed by atoms with E-state index in [9.17, 15) is 10.1 Å². The Morgan fingerprint density at radius 1 is 1.37 bits per heavy atom. The zero-order valence-electron chi connectivity index (χ0n) is 10.2. The number of benzene rings is 1. The summed E-state index contributed by atoms with van der Waals surface area (Å²) in [6.07, 6.45) is 1.68. The molecule has 19 heavy (non-hydrogen) atoms. The molecule has 1 N–H and O–H groups in total. The average molecular weight is 278 g/mol. The summed E-state index contributed by atoms with van der Waals surface area (Å²) >= 11 is 5.87. The molecular formula is C13H12ClN3O2. The van der Waals surface area contributed by atoms with Gasteiger partial charge in [-0.1, -0.05) is 17.7 Å². The summed E-state index contributed by atoms with van der Waals surface area (Å²) < 4.78 is 0. The highest BCUT2D eigenvalue weighted by molar-refractivity contribution is 6.31. The SMILES string of the molecule is CC(Nc1cc(Cl)ccc1[N+](=O)[O-])c1ccccn1. The molecule has 1 heterocycles. The van der Waals surface area contributed by atoms with Gasteiger partial charge < -0.3 is 5.32 Å². The summed E-state index contributed by atoms with van der Waals surface area (Å²) in [5, 5.41) is 14.5. The maximum absolute atomic E-state index is 11.0. The fourth-order valence-electron chi connectivity index (χ4n) is 1.72. The molecule has 2 rings (SSSR count). The Hall–Kier alpha value is -2.14. The molecule has 1 aromatic carbocycles. The van der Waals surface area contributed by atoms with Gasteiger partial charge in [0.05, 0.1) is 16.7 Å². The molecule has 98 valence electrons. The van der Waals surface area contributed by atoms with Crippen molar-refractivity contribution in [3.05, 3.63) is 63.4 Å². The van der Waals surface area contributed by atoms with Crippen molar-refractivity contribution >= 4 is 23.0 Å². The lowest BCUT2D eigenvalue weighted by atomic mass is 10.2. The van der Waals surface area contributed by atoms with E-state index in [4.69, 9.17) is 11.6 Å². The number of hydrogen-bond donors (Lipinski definition) is 1. The number of nitrogens with one attached hydrogen (secondary N) is 1. The van der Waals surface area contributed by atoms with E-state index >= 15 is 0 Å². The zero-order valence-corrected chi connectivity index (χ0v) is 11.0. The molecule has 0 spiro atoms. The van der Waals surface area contributed by atoms with Gasteiger partial charge in [0.15, 0.2) is 0 Å². The quantitative estimate of drug-likeness (QED) is 0.681. The maximum atomic E-state index is 11.0. The lowest BCUT2D eigenvalue weighted by Crippen LogP contribution is -2.09. The standard InChI is InChI=1S/C13H12ClN3O2/c1-9(11-4-2-3-7-15-11)16-12-8-10(14)5-6-13(12)17(18)19/h2-9,16H,1H3. The van der Waals surface area contributed by atoms with Gasteiger partial charge in [-0.25, -0.2) is 0 Å². The number of halogens is 1. The molecule has 0 bridgehead atoms. The summed E-state index contributed by atoms with van der Waals surface area (Å²) in [6.45, 7) is 1.88. The summed E-state index contributed by atoms with van der Waals surface area (Å²) in [5.74, 6) is 0. The molecular weight excluding hydrogens is 266 g/mol. The third-order valence-corrected chi connectivity index (χ3v) is 2.89. The number of aromatic nitrogens is 1. The molecule has 1 atom stereocenters. The number of pyridine rings is 1. The molecule has 0 radical (unpaired) electrons. The molecule has 0 saturated carbocycles. The van der Waals surface area contributed by atoms with Gasteiger partial charge in [-0.05, 0) is 31.2 Å². The highest BCUT2D eigenvalue weighted by atomic mass is 35.5. The van der Waals surface area contributed by atoms with Crippen LogP contribution in [0.4, 0.5) is 11.4 Å². The number of hydrogen-bond acceptors (Lipinski definition) is 4. The Morgan fingerprint density at radius 2 is 2.16 bits per heavy atom. The van der Waals surface area contributed by atoms with E-state index in [1.807, 2.05) is 25.1 Å². The van der Waals surface area contributed by atoms with Crippen molar-refractivity contribution in [2.45, 2.75) is 13.0 Å². The fourth-order valence-corrected chi connectivity index (χ4v) is 1.89. The van der Waals surface area contributed by atoms with E-state index in [0.717, 1.165) is 5.69 Å². The summed E-state index contributed by atoms with van der Waals surface area (Å²) in [5.41, 5.74) is 1.18. The molecule has 6 heteroatoms.